The molecule has 3 rings (SSSR count). The first-order valence-corrected chi connectivity index (χ1v) is 7.94. The number of hydrogen-bond donors (Lipinski definition) is 1. The van der Waals surface area contributed by atoms with Gasteiger partial charge in [-0.3, -0.25) is 4.79 Å². The lowest BCUT2D eigenvalue weighted by Crippen LogP contribution is -2.44. The molecule has 1 amide bonds. The van der Waals surface area contributed by atoms with E-state index in [9.17, 15) is 4.79 Å². The Hall–Kier alpha value is -2.38. The zero-order valence-electron chi connectivity index (χ0n) is 14.0. The number of rotatable bonds is 5. The summed E-state index contributed by atoms with van der Waals surface area (Å²) in [6.45, 7) is 4.33. The fourth-order valence-corrected chi connectivity index (χ4v) is 2.60. The van der Waals surface area contributed by atoms with Crippen LogP contribution in [0.5, 0.6) is 0 Å². The van der Waals surface area contributed by atoms with Crippen LogP contribution in [0.25, 0.3) is 0 Å². The Labute approximate surface area is 141 Å². The number of carbonyl (C=O) groups is 1. The van der Waals surface area contributed by atoms with E-state index in [1.54, 1.807) is 25.4 Å². The average Bonchev–Trinajstić information content (AvgIpc) is 3.06. The summed E-state index contributed by atoms with van der Waals surface area (Å²) < 4.78 is 10.4. The van der Waals surface area contributed by atoms with Crippen molar-refractivity contribution in [3.8, 4) is 0 Å². The SMILES string of the molecule is COCc1ccc(C(=O)Nc2ccc(N3CCN(C)CC3)nc2)o1. The van der Waals surface area contributed by atoms with Crippen molar-refractivity contribution in [2.75, 3.05) is 50.6 Å². The van der Waals surface area contributed by atoms with Crippen LogP contribution in [0.2, 0.25) is 0 Å². The van der Waals surface area contributed by atoms with Gasteiger partial charge < -0.3 is 24.3 Å². The quantitative estimate of drug-likeness (QED) is 0.902. The lowest BCUT2D eigenvalue weighted by atomic mass is 10.3. The van der Waals surface area contributed by atoms with Crippen molar-refractivity contribution in [3.63, 3.8) is 0 Å². The van der Waals surface area contributed by atoms with Crippen molar-refractivity contribution in [1.29, 1.82) is 0 Å². The van der Waals surface area contributed by atoms with Crippen molar-refractivity contribution in [2.45, 2.75) is 6.61 Å². The molecule has 0 aromatic carbocycles. The molecule has 2 aromatic rings. The Balaban J connectivity index is 1.60. The number of nitrogens with zero attached hydrogens (tertiary/aromatic N) is 3. The Bertz CT molecular complexity index is 675. The highest BCUT2D eigenvalue weighted by molar-refractivity contribution is 6.02. The summed E-state index contributed by atoms with van der Waals surface area (Å²) in [6.07, 6.45) is 1.67. The number of piperazine rings is 1. The molecule has 1 saturated heterocycles. The van der Waals surface area contributed by atoms with E-state index < -0.39 is 0 Å². The van der Waals surface area contributed by atoms with Gasteiger partial charge in [0.25, 0.3) is 5.91 Å². The van der Waals surface area contributed by atoms with E-state index in [4.69, 9.17) is 9.15 Å². The number of anilines is 2. The van der Waals surface area contributed by atoms with Crippen molar-refractivity contribution in [2.24, 2.45) is 0 Å². The van der Waals surface area contributed by atoms with E-state index in [1.807, 2.05) is 12.1 Å². The maximum absolute atomic E-state index is 12.2. The van der Waals surface area contributed by atoms with Gasteiger partial charge in [0.15, 0.2) is 5.76 Å². The van der Waals surface area contributed by atoms with E-state index in [2.05, 4.69) is 27.1 Å². The molecular formula is C17H22N4O3. The van der Waals surface area contributed by atoms with E-state index in [0.717, 1.165) is 32.0 Å². The van der Waals surface area contributed by atoms with Crippen molar-refractivity contribution >= 4 is 17.4 Å². The zero-order valence-corrected chi connectivity index (χ0v) is 14.0. The zero-order chi connectivity index (χ0) is 16.9. The number of furan rings is 1. The van der Waals surface area contributed by atoms with E-state index >= 15 is 0 Å². The average molecular weight is 330 g/mol. The summed E-state index contributed by atoms with van der Waals surface area (Å²) >= 11 is 0. The first kappa shape index (κ1) is 16.5. The van der Waals surface area contributed by atoms with Crippen LogP contribution < -0.4 is 10.2 Å². The van der Waals surface area contributed by atoms with Crippen molar-refractivity contribution < 1.29 is 13.9 Å². The molecule has 2 aromatic heterocycles. The number of nitrogens with one attached hydrogen (secondary N) is 1. The number of pyridine rings is 1. The number of likely N-dealkylation sites (N-methyl/N-ethyl adjacent to an activating group) is 1. The number of carbonyl (C=O) groups excluding carboxylic acids is 1. The second kappa shape index (κ2) is 7.46. The highest BCUT2D eigenvalue weighted by Gasteiger charge is 2.16. The van der Waals surface area contributed by atoms with Gasteiger partial charge in [-0.05, 0) is 31.3 Å². The maximum Gasteiger partial charge on any atom is 0.291 e. The first-order chi connectivity index (χ1) is 11.7. The van der Waals surface area contributed by atoms with Crippen molar-refractivity contribution in [3.05, 3.63) is 42.0 Å². The third-order valence-corrected chi connectivity index (χ3v) is 4.01. The Morgan fingerprint density at radius 3 is 2.71 bits per heavy atom. The highest BCUT2D eigenvalue weighted by atomic mass is 16.5. The predicted octanol–water partition coefficient (Wildman–Crippen LogP) is 1.83. The molecular weight excluding hydrogens is 308 g/mol. The predicted molar refractivity (Wildman–Crippen MR) is 91.3 cm³/mol. The molecule has 7 nitrogen and oxygen atoms in total. The van der Waals surface area contributed by atoms with E-state index in [0.29, 0.717) is 18.1 Å². The van der Waals surface area contributed by atoms with Crippen LogP contribution in [0.4, 0.5) is 11.5 Å². The summed E-state index contributed by atoms with van der Waals surface area (Å²) in [7, 11) is 3.70. The lowest BCUT2D eigenvalue weighted by molar-refractivity contribution is 0.0987. The minimum absolute atomic E-state index is 0.255. The van der Waals surface area contributed by atoms with Gasteiger partial charge in [-0.15, -0.1) is 0 Å². The highest BCUT2D eigenvalue weighted by Crippen LogP contribution is 2.17. The molecule has 128 valence electrons. The minimum Gasteiger partial charge on any atom is -0.453 e. The van der Waals surface area contributed by atoms with Gasteiger partial charge in [0, 0.05) is 33.3 Å². The molecule has 3 heterocycles. The molecule has 0 unspecified atom stereocenters. The first-order valence-electron chi connectivity index (χ1n) is 7.94. The molecule has 24 heavy (non-hydrogen) atoms. The van der Waals surface area contributed by atoms with Crippen LogP contribution in [-0.2, 0) is 11.3 Å². The third kappa shape index (κ3) is 3.93. The van der Waals surface area contributed by atoms with Gasteiger partial charge >= 0.3 is 0 Å². The smallest absolute Gasteiger partial charge is 0.291 e. The topological polar surface area (TPSA) is 70.8 Å². The van der Waals surface area contributed by atoms with Crippen LogP contribution in [0.15, 0.2) is 34.9 Å². The molecule has 1 fully saturated rings. The van der Waals surface area contributed by atoms with Gasteiger partial charge in [0.2, 0.25) is 0 Å². The Morgan fingerprint density at radius 1 is 1.25 bits per heavy atom. The van der Waals surface area contributed by atoms with Crippen LogP contribution in [0.3, 0.4) is 0 Å². The number of hydrogen-bond acceptors (Lipinski definition) is 6. The van der Waals surface area contributed by atoms with Gasteiger partial charge in [-0.1, -0.05) is 0 Å². The molecule has 0 saturated carbocycles. The largest absolute Gasteiger partial charge is 0.453 e. The molecule has 1 aliphatic heterocycles. The Morgan fingerprint density at radius 2 is 2.04 bits per heavy atom. The molecule has 0 aliphatic carbocycles. The maximum atomic E-state index is 12.2. The third-order valence-electron chi connectivity index (χ3n) is 4.01. The molecule has 1 aliphatic rings. The number of ether oxygens (including phenoxy) is 1. The summed E-state index contributed by atoms with van der Waals surface area (Å²) in [5, 5.41) is 2.79. The lowest BCUT2D eigenvalue weighted by Gasteiger charge is -2.33. The van der Waals surface area contributed by atoms with Crippen LogP contribution in [0, 0.1) is 0 Å². The minimum atomic E-state index is -0.300. The number of methoxy groups -OCH3 is 1. The summed E-state index contributed by atoms with van der Waals surface area (Å²) in [5.74, 6) is 1.50. The number of amides is 1. The standard InChI is InChI=1S/C17H22N4O3/c1-20-7-9-21(10-8-20)16-6-3-13(11-18-16)19-17(22)15-5-4-14(24-15)12-23-2/h3-6,11H,7-10,12H2,1-2H3,(H,19,22). The van der Waals surface area contributed by atoms with Gasteiger partial charge in [0.1, 0.15) is 18.2 Å². The second-order valence-electron chi connectivity index (χ2n) is 5.85. The van der Waals surface area contributed by atoms with Crippen LogP contribution >= 0.6 is 0 Å². The fraction of sp³-hybridized carbons (Fsp3) is 0.412. The Kier molecular flexibility index (Phi) is 5.12. The molecule has 0 radical (unpaired) electrons. The fourth-order valence-electron chi connectivity index (χ4n) is 2.60. The number of aromatic nitrogens is 1. The van der Waals surface area contributed by atoms with Gasteiger partial charge in [0.05, 0.1) is 11.9 Å². The van der Waals surface area contributed by atoms with E-state index in [1.165, 1.54) is 0 Å². The normalized spacial score (nSPS) is 15.5. The summed E-state index contributed by atoms with van der Waals surface area (Å²) in [6, 6.07) is 7.15. The molecule has 0 spiro atoms. The molecule has 1 N–H and O–H groups in total. The molecule has 0 atom stereocenters. The van der Waals surface area contributed by atoms with E-state index in [-0.39, 0.29) is 11.7 Å². The summed E-state index contributed by atoms with van der Waals surface area (Å²) in [5.41, 5.74) is 0.641. The monoisotopic (exact) mass is 330 g/mol. The molecule has 0 bridgehead atoms. The van der Waals surface area contributed by atoms with Gasteiger partial charge in [-0.2, -0.15) is 0 Å². The van der Waals surface area contributed by atoms with Crippen LogP contribution in [-0.4, -0.2) is 56.1 Å². The summed E-state index contributed by atoms with van der Waals surface area (Å²) in [4.78, 5) is 21.2. The van der Waals surface area contributed by atoms with Crippen LogP contribution in [0.1, 0.15) is 16.3 Å². The van der Waals surface area contributed by atoms with Crippen molar-refractivity contribution in [1.82, 2.24) is 9.88 Å². The second-order valence-corrected chi connectivity index (χ2v) is 5.85. The molecule has 7 heteroatoms. The van der Waals surface area contributed by atoms with Gasteiger partial charge in [-0.25, -0.2) is 4.98 Å².